The van der Waals surface area contributed by atoms with Gasteiger partial charge in [0.2, 0.25) is 11.1 Å². The van der Waals surface area contributed by atoms with E-state index in [-0.39, 0.29) is 16.9 Å². The molecule has 8 nitrogen and oxygen atoms in total. The van der Waals surface area contributed by atoms with Crippen LogP contribution in [-0.2, 0) is 9.53 Å². The summed E-state index contributed by atoms with van der Waals surface area (Å²) in [5.41, 5.74) is 0.404. The lowest BCUT2D eigenvalue weighted by Gasteiger charge is -2.20. The normalized spacial score (nSPS) is 12.3. The third kappa shape index (κ3) is 5.67. The van der Waals surface area contributed by atoms with Gasteiger partial charge in [-0.3, -0.25) is 9.78 Å². The van der Waals surface area contributed by atoms with E-state index in [1.54, 1.807) is 57.3 Å². The summed E-state index contributed by atoms with van der Waals surface area (Å²) < 4.78 is 6.01. The molecule has 0 bridgehead atoms. The number of carbonyl (C=O) groups excluding carboxylic acids is 2. The number of alkyl halides is 1. The number of ether oxygens (including phenoxy) is 1. The minimum atomic E-state index is -0.723. The van der Waals surface area contributed by atoms with Crippen LogP contribution >= 0.6 is 27.7 Å². The zero-order chi connectivity index (χ0) is 21.7. The molecule has 1 amide bonds. The number of rotatable bonds is 5. The Kier molecular flexibility index (Phi) is 6.88. The molecule has 0 radical (unpaired) electrons. The van der Waals surface area contributed by atoms with Crippen LogP contribution in [0.2, 0.25) is 0 Å². The number of hydrogen-bond donors (Lipinski definition) is 1. The fourth-order valence-corrected chi connectivity index (χ4v) is 3.67. The molecule has 0 aliphatic carbocycles. The summed E-state index contributed by atoms with van der Waals surface area (Å²) in [6.07, 6.45) is 0.940. The molecule has 30 heavy (non-hydrogen) atoms. The van der Waals surface area contributed by atoms with E-state index in [0.29, 0.717) is 11.4 Å². The van der Waals surface area contributed by atoms with Gasteiger partial charge in [-0.25, -0.2) is 9.36 Å². The lowest BCUT2D eigenvalue weighted by Crippen LogP contribution is -2.28. The van der Waals surface area contributed by atoms with Gasteiger partial charge in [-0.1, -0.05) is 52.0 Å². The van der Waals surface area contributed by atoms with Crippen molar-refractivity contribution in [3.05, 3.63) is 54.7 Å². The molecule has 10 heteroatoms. The molecule has 2 heterocycles. The van der Waals surface area contributed by atoms with Crippen LogP contribution < -0.4 is 5.32 Å². The average molecular weight is 490 g/mol. The van der Waals surface area contributed by atoms with Gasteiger partial charge in [0.15, 0.2) is 5.82 Å². The van der Waals surface area contributed by atoms with E-state index in [1.807, 2.05) is 18.2 Å². The Hall–Kier alpha value is -2.72. The first kappa shape index (κ1) is 22.0. The van der Waals surface area contributed by atoms with Crippen molar-refractivity contribution in [2.24, 2.45) is 0 Å². The average Bonchev–Trinajstić information content (AvgIpc) is 3.12. The van der Waals surface area contributed by atoms with Crippen LogP contribution in [0.1, 0.15) is 20.8 Å². The number of hydrogen-bond acceptors (Lipinski definition) is 7. The quantitative estimate of drug-likeness (QED) is 0.413. The van der Waals surface area contributed by atoms with Crippen LogP contribution in [0, 0.1) is 0 Å². The van der Waals surface area contributed by atoms with Crippen LogP contribution in [0.4, 0.5) is 10.5 Å². The van der Waals surface area contributed by atoms with Crippen LogP contribution in [0.3, 0.4) is 0 Å². The summed E-state index contributed by atoms with van der Waals surface area (Å²) in [6, 6.07) is 14.3. The Bertz CT molecular complexity index is 1020. The third-order valence-corrected chi connectivity index (χ3v) is 5.43. The zero-order valence-corrected chi connectivity index (χ0v) is 19.0. The maximum atomic E-state index is 12.9. The zero-order valence-electron chi connectivity index (χ0n) is 16.6. The van der Waals surface area contributed by atoms with Gasteiger partial charge >= 0.3 is 6.09 Å². The van der Waals surface area contributed by atoms with E-state index in [4.69, 9.17) is 4.74 Å². The van der Waals surface area contributed by atoms with E-state index in [9.17, 15) is 9.59 Å². The number of pyridine rings is 1. The fourth-order valence-electron chi connectivity index (χ4n) is 2.35. The summed E-state index contributed by atoms with van der Waals surface area (Å²) in [5, 5.41) is 11.2. The molecule has 3 rings (SSSR count). The first-order chi connectivity index (χ1) is 14.2. The van der Waals surface area contributed by atoms with Crippen molar-refractivity contribution < 1.29 is 14.3 Å². The monoisotopic (exact) mass is 489 g/mol. The van der Waals surface area contributed by atoms with Crippen LogP contribution in [-0.4, -0.2) is 41.5 Å². The molecule has 1 aromatic carbocycles. The van der Waals surface area contributed by atoms with Gasteiger partial charge in [-0.05, 0) is 45.0 Å². The Balaban J connectivity index is 1.87. The molecule has 0 saturated carbocycles. The third-order valence-electron chi connectivity index (χ3n) is 3.56. The molecule has 3 aromatic rings. The van der Waals surface area contributed by atoms with Crippen molar-refractivity contribution in [1.29, 1.82) is 0 Å². The van der Waals surface area contributed by atoms with E-state index >= 15 is 0 Å². The molecule has 1 unspecified atom stereocenters. The minimum Gasteiger partial charge on any atom is -0.443 e. The predicted octanol–water partition coefficient (Wildman–Crippen LogP) is 4.58. The van der Waals surface area contributed by atoms with Gasteiger partial charge in [-0.15, -0.1) is 10.2 Å². The molecule has 156 valence electrons. The van der Waals surface area contributed by atoms with E-state index < -0.39 is 15.9 Å². The van der Waals surface area contributed by atoms with Gasteiger partial charge < -0.3 is 10.1 Å². The number of amides is 1. The molecule has 0 saturated heterocycles. The molecule has 0 spiro atoms. The van der Waals surface area contributed by atoms with Gasteiger partial charge in [0, 0.05) is 11.9 Å². The second-order valence-electron chi connectivity index (χ2n) is 7.13. The molecule has 0 aliphatic rings. The van der Waals surface area contributed by atoms with E-state index in [1.165, 1.54) is 4.57 Å². The number of aromatic nitrogens is 4. The summed E-state index contributed by atoms with van der Waals surface area (Å²) in [4.78, 5) is 29.7. The van der Waals surface area contributed by atoms with Crippen molar-refractivity contribution >= 4 is 45.4 Å². The minimum absolute atomic E-state index is 0.204. The van der Waals surface area contributed by atoms with Crippen molar-refractivity contribution in [3.8, 4) is 11.5 Å². The highest BCUT2D eigenvalue weighted by atomic mass is 79.9. The number of halogens is 1. The summed E-state index contributed by atoms with van der Waals surface area (Å²) >= 11 is 4.38. The molecule has 0 fully saturated rings. The number of nitrogens with one attached hydrogen (secondary N) is 1. The number of carbonyl (C=O) groups is 2. The topological polar surface area (TPSA) is 99.0 Å². The molecule has 0 aliphatic heterocycles. The van der Waals surface area contributed by atoms with Crippen LogP contribution in [0.25, 0.3) is 11.5 Å². The number of para-hydroxylation sites is 1. The highest BCUT2D eigenvalue weighted by molar-refractivity contribution is 9.11. The van der Waals surface area contributed by atoms with E-state index in [0.717, 1.165) is 11.8 Å². The first-order valence-electron chi connectivity index (χ1n) is 9.01. The highest BCUT2D eigenvalue weighted by Gasteiger charge is 2.28. The number of anilines is 1. The van der Waals surface area contributed by atoms with E-state index in [2.05, 4.69) is 36.4 Å². The molecular formula is C20H20BrN5O3S. The maximum Gasteiger partial charge on any atom is 0.422 e. The van der Waals surface area contributed by atoms with Crippen LogP contribution in [0.15, 0.2) is 59.9 Å². The fraction of sp³-hybridized carbons (Fsp3) is 0.250. The first-order valence-corrected chi connectivity index (χ1v) is 10.8. The van der Waals surface area contributed by atoms with Gasteiger partial charge in [0.05, 0.1) is 0 Å². The standard InChI is InChI=1S/C20H20BrN5O3S/c1-20(2,3)29-19(28)26-16(14-11-7-8-12-22-14)24-25-18(26)30-15(21)17(27)23-13-9-5-4-6-10-13/h4-12,15H,1-3H3,(H,23,27). The molecule has 2 aromatic heterocycles. The highest BCUT2D eigenvalue weighted by Crippen LogP contribution is 2.30. The van der Waals surface area contributed by atoms with Crippen molar-refractivity contribution in [2.45, 2.75) is 35.7 Å². The van der Waals surface area contributed by atoms with Gasteiger partial charge in [0.1, 0.15) is 15.5 Å². The second-order valence-corrected chi connectivity index (χ2v) is 9.72. The molecule has 1 atom stereocenters. The summed E-state index contributed by atoms with van der Waals surface area (Å²) in [5.74, 6) is -0.0696. The number of benzene rings is 1. The Morgan fingerprint density at radius 2 is 1.80 bits per heavy atom. The maximum absolute atomic E-state index is 12.9. The van der Waals surface area contributed by atoms with Crippen LogP contribution in [0.5, 0.6) is 0 Å². The summed E-state index contributed by atoms with van der Waals surface area (Å²) in [6.45, 7) is 5.30. The van der Waals surface area contributed by atoms with Gasteiger partial charge in [0.25, 0.3) is 0 Å². The largest absolute Gasteiger partial charge is 0.443 e. The summed E-state index contributed by atoms with van der Waals surface area (Å²) in [7, 11) is 0. The Labute approximate surface area is 186 Å². The second kappa shape index (κ2) is 9.40. The lowest BCUT2D eigenvalue weighted by molar-refractivity contribution is -0.114. The van der Waals surface area contributed by atoms with Crippen molar-refractivity contribution in [3.63, 3.8) is 0 Å². The van der Waals surface area contributed by atoms with Crippen molar-refractivity contribution in [2.75, 3.05) is 5.32 Å². The van der Waals surface area contributed by atoms with Crippen molar-refractivity contribution in [1.82, 2.24) is 19.7 Å². The SMILES string of the molecule is CC(C)(C)OC(=O)n1c(SC(Br)C(=O)Nc2ccccc2)nnc1-c1ccccn1. The molecule has 1 N–H and O–H groups in total. The lowest BCUT2D eigenvalue weighted by atomic mass is 10.2. The van der Waals surface area contributed by atoms with Gasteiger partial charge in [-0.2, -0.15) is 0 Å². The predicted molar refractivity (Wildman–Crippen MR) is 119 cm³/mol. The molecular weight excluding hydrogens is 470 g/mol. The number of thioether (sulfide) groups is 1. The smallest absolute Gasteiger partial charge is 0.422 e. The Morgan fingerprint density at radius 1 is 1.10 bits per heavy atom. The number of nitrogens with zero attached hydrogens (tertiary/aromatic N) is 4. The Morgan fingerprint density at radius 3 is 2.43 bits per heavy atom.